The molecule has 26 heavy (non-hydrogen) atoms. The molecule has 11 heteroatoms. The number of H-pyrrole nitrogens is 1. The Morgan fingerprint density at radius 2 is 2.04 bits per heavy atom. The summed E-state index contributed by atoms with van der Waals surface area (Å²) in [7, 11) is 1.72. The van der Waals surface area contributed by atoms with Crippen LogP contribution in [0.4, 0.5) is 11.8 Å². The summed E-state index contributed by atoms with van der Waals surface area (Å²) in [6.07, 6.45) is 2.78. The molecule has 1 aliphatic heterocycles. The maximum absolute atomic E-state index is 12.4. The number of carbonyl (C=O) groups is 1. The summed E-state index contributed by atoms with van der Waals surface area (Å²) in [4.78, 5) is 31.7. The van der Waals surface area contributed by atoms with Crippen molar-refractivity contribution in [2.75, 3.05) is 18.0 Å². The van der Waals surface area contributed by atoms with Crippen LogP contribution in [0.2, 0.25) is 10.0 Å². The minimum absolute atomic E-state index is 0.0209. The number of hydrogen-bond acceptors (Lipinski definition) is 5. The molecule has 1 aliphatic rings. The first-order valence-electron chi connectivity index (χ1n) is 8.05. The Hall–Kier alpha value is -2.26. The fraction of sp³-hybridized carbons (Fsp3) is 0.467. The van der Waals surface area contributed by atoms with Crippen LogP contribution in [0.1, 0.15) is 29.0 Å². The lowest BCUT2D eigenvalue weighted by atomic mass is 10.1. The number of anilines is 1. The van der Waals surface area contributed by atoms with Crippen molar-refractivity contribution in [1.29, 1.82) is 0 Å². The third-order valence-electron chi connectivity index (χ3n) is 4.42. The van der Waals surface area contributed by atoms with E-state index in [0.29, 0.717) is 42.6 Å². The smallest absolute Gasteiger partial charge is 0.358 e. The van der Waals surface area contributed by atoms with Gasteiger partial charge < -0.3 is 25.3 Å². The topological polar surface area (TPSA) is 109 Å². The predicted octanol–water partition coefficient (Wildman–Crippen LogP) is 2.67. The van der Waals surface area contributed by atoms with Gasteiger partial charge in [0.15, 0.2) is 0 Å². The number of aryl methyl sites for hydroxylation is 2. The van der Waals surface area contributed by atoms with Crippen molar-refractivity contribution in [3.05, 3.63) is 37.7 Å². The molecule has 1 amide bonds. The summed E-state index contributed by atoms with van der Waals surface area (Å²) in [5.74, 6) is 0.0823. The minimum Gasteiger partial charge on any atom is -0.358 e. The molecule has 2 N–H and O–H groups in total. The Bertz CT molecular complexity index is 854. The van der Waals surface area contributed by atoms with Crippen LogP contribution in [0, 0.1) is 17.0 Å². The lowest BCUT2D eigenvalue weighted by Crippen LogP contribution is -2.45. The third kappa shape index (κ3) is 3.49. The summed E-state index contributed by atoms with van der Waals surface area (Å²) < 4.78 is 1.64. The van der Waals surface area contributed by atoms with Crippen molar-refractivity contribution in [1.82, 2.24) is 19.9 Å². The number of carbonyl (C=O) groups excluding carboxylic acids is 1. The number of nitro groups is 1. The Kier molecular flexibility index (Phi) is 5.10. The molecule has 0 spiro atoms. The number of rotatable bonds is 4. The average molecular weight is 401 g/mol. The zero-order valence-electron chi connectivity index (χ0n) is 14.3. The second-order valence-corrected chi connectivity index (χ2v) is 7.01. The molecule has 2 aromatic heterocycles. The van der Waals surface area contributed by atoms with E-state index in [1.165, 1.54) is 6.20 Å². The summed E-state index contributed by atoms with van der Waals surface area (Å²) in [6.45, 7) is 3.01. The summed E-state index contributed by atoms with van der Waals surface area (Å²) in [5.41, 5.74) is 0.907. The largest absolute Gasteiger partial charge is 0.384 e. The van der Waals surface area contributed by atoms with Gasteiger partial charge in [-0.2, -0.15) is 0 Å². The second-order valence-electron chi connectivity index (χ2n) is 6.25. The Morgan fingerprint density at radius 1 is 1.38 bits per heavy atom. The van der Waals surface area contributed by atoms with E-state index in [1.54, 1.807) is 18.5 Å². The van der Waals surface area contributed by atoms with Crippen molar-refractivity contribution < 1.29 is 9.72 Å². The number of piperidine rings is 1. The predicted molar refractivity (Wildman–Crippen MR) is 98.1 cm³/mol. The molecule has 140 valence electrons. The van der Waals surface area contributed by atoms with Gasteiger partial charge in [-0.05, 0) is 24.7 Å². The molecule has 9 nitrogen and oxygen atoms in total. The number of aromatic amines is 1. The van der Waals surface area contributed by atoms with Crippen molar-refractivity contribution in [2.45, 2.75) is 25.8 Å². The van der Waals surface area contributed by atoms with Gasteiger partial charge in [0, 0.05) is 36.9 Å². The number of amides is 1. The number of hydrogen-bond donors (Lipinski definition) is 2. The van der Waals surface area contributed by atoms with E-state index in [9.17, 15) is 14.9 Å². The van der Waals surface area contributed by atoms with E-state index < -0.39 is 4.92 Å². The highest BCUT2D eigenvalue weighted by Gasteiger charge is 2.28. The maximum Gasteiger partial charge on any atom is 0.384 e. The molecule has 3 rings (SSSR count). The Labute approximate surface area is 159 Å². The van der Waals surface area contributed by atoms with Gasteiger partial charge in [-0.1, -0.05) is 23.2 Å². The van der Waals surface area contributed by atoms with Crippen LogP contribution in [0.5, 0.6) is 0 Å². The number of aromatic nitrogens is 3. The highest BCUT2D eigenvalue weighted by molar-refractivity contribution is 6.44. The highest BCUT2D eigenvalue weighted by atomic mass is 35.5. The van der Waals surface area contributed by atoms with Crippen molar-refractivity contribution in [3.8, 4) is 0 Å². The van der Waals surface area contributed by atoms with Gasteiger partial charge in [0.05, 0.1) is 10.0 Å². The molecule has 0 aromatic carbocycles. The van der Waals surface area contributed by atoms with E-state index in [2.05, 4.69) is 15.3 Å². The lowest BCUT2D eigenvalue weighted by Gasteiger charge is -2.31. The summed E-state index contributed by atoms with van der Waals surface area (Å²) in [6, 6.07) is -0.0209. The zero-order chi connectivity index (χ0) is 19.0. The van der Waals surface area contributed by atoms with Gasteiger partial charge in [0.25, 0.3) is 5.91 Å². The monoisotopic (exact) mass is 400 g/mol. The van der Waals surface area contributed by atoms with Crippen LogP contribution < -0.4 is 10.2 Å². The van der Waals surface area contributed by atoms with Crippen LogP contribution in [0.15, 0.2) is 6.20 Å². The van der Waals surface area contributed by atoms with Gasteiger partial charge in [0.2, 0.25) is 0 Å². The molecule has 0 unspecified atom stereocenters. The molecular weight excluding hydrogens is 383 g/mol. The summed E-state index contributed by atoms with van der Waals surface area (Å²) in [5, 5.41) is 14.4. The number of nitrogens with one attached hydrogen (secondary N) is 2. The molecule has 1 fully saturated rings. The fourth-order valence-electron chi connectivity index (χ4n) is 3.03. The Morgan fingerprint density at radius 3 is 2.54 bits per heavy atom. The van der Waals surface area contributed by atoms with Crippen LogP contribution in [-0.4, -0.2) is 44.5 Å². The van der Waals surface area contributed by atoms with E-state index in [1.807, 2.05) is 4.90 Å². The van der Waals surface area contributed by atoms with Crippen LogP contribution in [0.3, 0.4) is 0 Å². The molecule has 1 saturated heterocycles. The summed E-state index contributed by atoms with van der Waals surface area (Å²) >= 11 is 12.1. The van der Waals surface area contributed by atoms with E-state index in [-0.39, 0.29) is 28.5 Å². The third-order valence-corrected chi connectivity index (χ3v) is 5.37. The van der Waals surface area contributed by atoms with Gasteiger partial charge in [0.1, 0.15) is 11.9 Å². The van der Waals surface area contributed by atoms with E-state index in [0.717, 1.165) is 0 Å². The molecule has 2 aromatic rings. The first-order chi connectivity index (χ1) is 12.3. The number of halogens is 2. The van der Waals surface area contributed by atoms with Crippen LogP contribution in [0.25, 0.3) is 0 Å². The van der Waals surface area contributed by atoms with Crippen molar-refractivity contribution >= 4 is 40.9 Å². The van der Waals surface area contributed by atoms with Gasteiger partial charge in [-0.3, -0.25) is 9.36 Å². The van der Waals surface area contributed by atoms with Crippen LogP contribution >= 0.6 is 23.2 Å². The molecule has 0 bridgehead atoms. The minimum atomic E-state index is -0.510. The molecule has 3 heterocycles. The van der Waals surface area contributed by atoms with Gasteiger partial charge >= 0.3 is 11.8 Å². The lowest BCUT2D eigenvalue weighted by molar-refractivity contribution is -0.389. The standard InChI is InChI=1S/C15H18Cl2N6O3/c1-8-11(16)12(17)13(18-8)14(24)19-9-3-5-22(6-4-9)15-20-10(23(25)26)7-21(15)2/h7,9,18H,3-6H2,1-2H3,(H,19,24). The van der Waals surface area contributed by atoms with Gasteiger partial charge in [-0.15, -0.1) is 0 Å². The van der Waals surface area contributed by atoms with Crippen LogP contribution in [-0.2, 0) is 7.05 Å². The van der Waals surface area contributed by atoms with Crippen molar-refractivity contribution in [3.63, 3.8) is 0 Å². The van der Waals surface area contributed by atoms with E-state index in [4.69, 9.17) is 23.2 Å². The van der Waals surface area contributed by atoms with Crippen molar-refractivity contribution in [2.24, 2.45) is 7.05 Å². The fourth-order valence-corrected chi connectivity index (χ4v) is 3.45. The molecule has 0 radical (unpaired) electrons. The van der Waals surface area contributed by atoms with Gasteiger partial charge in [-0.25, -0.2) is 0 Å². The average Bonchev–Trinajstić information content (AvgIpc) is 3.11. The first kappa shape index (κ1) is 18.5. The molecule has 0 saturated carbocycles. The molecule has 0 atom stereocenters. The Balaban J connectivity index is 1.61. The number of nitrogens with zero attached hydrogens (tertiary/aromatic N) is 4. The maximum atomic E-state index is 12.4. The number of imidazole rings is 1. The van der Waals surface area contributed by atoms with E-state index >= 15 is 0 Å². The zero-order valence-corrected chi connectivity index (χ0v) is 15.8. The molecule has 0 aliphatic carbocycles. The second kappa shape index (κ2) is 7.16. The quantitative estimate of drug-likeness (QED) is 0.605. The normalized spacial score (nSPS) is 15.3. The highest BCUT2D eigenvalue weighted by Crippen LogP contribution is 2.29. The first-order valence-corrected chi connectivity index (χ1v) is 8.80. The molecular formula is C15H18Cl2N6O3. The SMILES string of the molecule is Cc1[nH]c(C(=O)NC2CCN(c3nc([N+](=O)[O-])cn3C)CC2)c(Cl)c1Cl.